The summed E-state index contributed by atoms with van der Waals surface area (Å²) in [7, 11) is 0. The van der Waals surface area contributed by atoms with Crippen LogP contribution in [-0.4, -0.2) is 22.9 Å². The van der Waals surface area contributed by atoms with Gasteiger partial charge < -0.3 is 5.32 Å². The van der Waals surface area contributed by atoms with Crippen molar-refractivity contribution in [2.75, 3.05) is 13.1 Å². The number of rotatable bonds is 2. The minimum Gasteiger partial charge on any atom is -0.315 e. The highest BCUT2D eigenvalue weighted by atomic mass is 15.3. The summed E-state index contributed by atoms with van der Waals surface area (Å²) in [5.41, 5.74) is 6.33. The first-order chi connectivity index (χ1) is 9.15. The second-order valence-corrected chi connectivity index (χ2v) is 5.57. The van der Waals surface area contributed by atoms with Gasteiger partial charge in [0.1, 0.15) is 0 Å². The van der Waals surface area contributed by atoms with Crippen LogP contribution in [0.3, 0.4) is 0 Å². The SMILES string of the molecule is Cc1ccc(C)c(-c2cn(C3CCNC3)nc2C)c1. The molecule has 3 heteroatoms. The number of hydrogen-bond donors (Lipinski definition) is 1. The van der Waals surface area contributed by atoms with Gasteiger partial charge in [-0.25, -0.2) is 0 Å². The smallest absolute Gasteiger partial charge is 0.0672 e. The fourth-order valence-corrected chi connectivity index (χ4v) is 2.82. The Morgan fingerprint density at radius 2 is 2.05 bits per heavy atom. The monoisotopic (exact) mass is 255 g/mol. The van der Waals surface area contributed by atoms with E-state index in [-0.39, 0.29) is 0 Å². The van der Waals surface area contributed by atoms with Gasteiger partial charge in [-0.15, -0.1) is 0 Å². The van der Waals surface area contributed by atoms with Crippen LogP contribution >= 0.6 is 0 Å². The average molecular weight is 255 g/mol. The van der Waals surface area contributed by atoms with E-state index < -0.39 is 0 Å². The van der Waals surface area contributed by atoms with Gasteiger partial charge >= 0.3 is 0 Å². The first kappa shape index (κ1) is 12.4. The molecule has 1 N–H and O–H groups in total. The molecule has 1 fully saturated rings. The molecule has 1 aliphatic rings. The van der Waals surface area contributed by atoms with Crippen molar-refractivity contribution in [3.05, 3.63) is 41.2 Å². The van der Waals surface area contributed by atoms with Crippen LogP contribution in [0.5, 0.6) is 0 Å². The van der Waals surface area contributed by atoms with E-state index in [4.69, 9.17) is 5.10 Å². The minimum absolute atomic E-state index is 0.512. The number of hydrogen-bond acceptors (Lipinski definition) is 2. The Labute approximate surface area is 114 Å². The van der Waals surface area contributed by atoms with E-state index in [1.54, 1.807) is 0 Å². The van der Waals surface area contributed by atoms with Crippen LogP contribution in [0.1, 0.15) is 29.3 Å². The van der Waals surface area contributed by atoms with Gasteiger partial charge in [0.25, 0.3) is 0 Å². The first-order valence-electron chi connectivity index (χ1n) is 6.99. The molecular weight excluding hydrogens is 234 g/mol. The van der Waals surface area contributed by atoms with E-state index in [0.29, 0.717) is 6.04 Å². The van der Waals surface area contributed by atoms with Crippen molar-refractivity contribution in [2.45, 2.75) is 33.2 Å². The summed E-state index contributed by atoms with van der Waals surface area (Å²) in [6.45, 7) is 8.55. The summed E-state index contributed by atoms with van der Waals surface area (Å²) in [6, 6.07) is 7.13. The lowest BCUT2D eigenvalue weighted by molar-refractivity contribution is 0.488. The van der Waals surface area contributed by atoms with Gasteiger partial charge in [0.2, 0.25) is 0 Å². The van der Waals surface area contributed by atoms with Gasteiger partial charge in [-0.1, -0.05) is 23.8 Å². The summed E-state index contributed by atoms with van der Waals surface area (Å²) in [5.74, 6) is 0. The largest absolute Gasteiger partial charge is 0.315 e. The number of benzene rings is 1. The second kappa shape index (κ2) is 4.82. The predicted molar refractivity (Wildman–Crippen MR) is 78.4 cm³/mol. The maximum Gasteiger partial charge on any atom is 0.0672 e. The number of aryl methyl sites for hydroxylation is 3. The molecule has 3 nitrogen and oxygen atoms in total. The van der Waals surface area contributed by atoms with Crippen LogP contribution in [0.25, 0.3) is 11.1 Å². The number of aromatic nitrogens is 2. The normalized spacial score (nSPS) is 19.0. The highest BCUT2D eigenvalue weighted by molar-refractivity contribution is 5.69. The molecule has 0 amide bonds. The zero-order valence-electron chi connectivity index (χ0n) is 11.9. The molecule has 1 aliphatic heterocycles. The third-order valence-electron chi connectivity index (χ3n) is 4.01. The Balaban J connectivity index is 2.02. The number of nitrogens with one attached hydrogen (secondary N) is 1. The fourth-order valence-electron chi connectivity index (χ4n) is 2.82. The molecule has 0 bridgehead atoms. The molecule has 2 heterocycles. The van der Waals surface area contributed by atoms with Crippen LogP contribution in [-0.2, 0) is 0 Å². The summed E-state index contributed by atoms with van der Waals surface area (Å²) in [5, 5.41) is 8.12. The van der Waals surface area contributed by atoms with Gasteiger partial charge in [0.05, 0.1) is 11.7 Å². The van der Waals surface area contributed by atoms with Crippen LogP contribution in [0, 0.1) is 20.8 Å². The molecule has 0 radical (unpaired) electrons. The predicted octanol–water partition coefficient (Wildman–Crippen LogP) is 3.01. The van der Waals surface area contributed by atoms with Crippen LogP contribution in [0.2, 0.25) is 0 Å². The van der Waals surface area contributed by atoms with Crippen molar-refractivity contribution < 1.29 is 0 Å². The molecule has 1 atom stereocenters. The van der Waals surface area contributed by atoms with E-state index in [0.717, 1.165) is 18.8 Å². The van der Waals surface area contributed by atoms with Crippen molar-refractivity contribution in [1.29, 1.82) is 0 Å². The van der Waals surface area contributed by atoms with Gasteiger partial charge in [-0.05, 0) is 44.9 Å². The average Bonchev–Trinajstić information content (AvgIpc) is 3.01. The third-order valence-corrected chi connectivity index (χ3v) is 4.01. The Hall–Kier alpha value is -1.61. The quantitative estimate of drug-likeness (QED) is 0.894. The van der Waals surface area contributed by atoms with Gasteiger partial charge in [0.15, 0.2) is 0 Å². The highest BCUT2D eigenvalue weighted by Gasteiger charge is 2.19. The van der Waals surface area contributed by atoms with Gasteiger partial charge in [-0.3, -0.25) is 4.68 Å². The lowest BCUT2D eigenvalue weighted by Crippen LogP contribution is -2.13. The fraction of sp³-hybridized carbons (Fsp3) is 0.438. The lowest BCUT2D eigenvalue weighted by atomic mass is 9.99. The van der Waals surface area contributed by atoms with Crippen molar-refractivity contribution in [3.8, 4) is 11.1 Å². The first-order valence-corrected chi connectivity index (χ1v) is 6.99. The molecular formula is C16H21N3. The van der Waals surface area contributed by atoms with Gasteiger partial charge in [-0.2, -0.15) is 5.10 Å². The van der Waals surface area contributed by atoms with E-state index in [2.05, 4.69) is 55.2 Å². The maximum absolute atomic E-state index is 4.72. The Kier molecular flexibility index (Phi) is 3.15. The topological polar surface area (TPSA) is 29.9 Å². The molecule has 100 valence electrons. The van der Waals surface area contributed by atoms with Crippen LogP contribution in [0.15, 0.2) is 24.4 Å². The zero-order chi connectivity index (χ0) is 13.4. The van der Waals surface area contributed by atoms with Crippen molar-refractivity contribution in [3.63, 3.8) is 0 Å². The Morgan fingerprint density at radius 3 is 2.79 bits per heavy atom. The molecule has 0 aliphatic carbocycles. The van der Waals surface area contributed by atoms with Crippen LogP contribution < -0.4 is 5.32 Å². The van der Waals surface area contributed by atoms with E-state index in [1.165, 1.54) is 28.7 Å². The summed E-state index contributed by atoms with van der Waals surface area (Å²) in [6.07, 6.45) is 3.39. The number of nitrogens with zero attached hydrogens (tertiary/aromatic N) is 2. The van der Waals surface area contributed by atoms with E-state index in [9.17, 15) is 0 Å². The van der Waals surface area contributed by atoms with Crippen molar-refractivity contribution in [1.82, 2.24) is 15.1 Å². The van der Waals surface area contributed by atoms with Crippen molar-refractivity contribution >= 4 is 0 Å². The Morgan fingerprint density at radius 1 is 1.21 bits per heavy atom. The molecule has 0 spiro atoms. The molecule has 1 unspecified atom stereocenters. The molecule has 3 rings (SSSR count). The van der Waals surface area contributed by atoms with E-state index in [1.807, 2.05) is 0 Å². The second-order valence-electron chi connectivity index (χ2n) is 5.57. The van der Waals surface area contributed by atoms with Crippen LogP contribution in [0.4, 0.5) is 0 Å². The summed E-state index contributed by atoms with van der Waals surface area (Å²) < 4.78 is 2.15. The Bertz CT molecular complexity index is 592. The molecule has 1 aromatic heterocycles. The third kappa shape index (κ3) is 2.30. The van der Waals surface area contributed by atoms with Gasteiger partial charge in [0, 0.05) is 18.3 Å². The van der Waals surface area contributed by atoms with E-state index >= 15 is 0 Å². The van der Waals surface area contributed by atoms with Crippen molar-refractivity contribution in [2.24, 2.45) is 0 Å². The summed E-state index contributed by atoms with van der Waals surface area (Å²) >= 11 is 0. The maximum atomic E-state index is 4.72. The zero-order valence-corrected chi connectivity index (χ0v) is 11.9. The highest BCUT2D eigenvalue weighted by Crippen LogP contribution is 2.28. The molecule has 19 heavy (non-hydrogen) atoms. The summed E-state index contributed by atoms with van der Waals surface area (Å²) in [4.78, 5) is 0. The molecule has 1 aromatic carbocycles. The lowest BCUT2D eigenvalue weighted by Gasteiger charge is -2.08. The molecule has 2 aromatic rings. The minimum atomic E-state index is 0.512. The molecule has 0 saturated carbocycles. The standard InChI is InChI=1S/C16H21N3/c1-11-4-5-12(2)15(8-11)16-10-19(18-13(16)3)14-6-7-17-9-14/h4-5,8,10,14,17H,6-7,9H2,1-3H3. The molecule has 1 saturated heterocycles.